The summed E-state index contributed by atoms with van der Waals surface area (Å²) in [4.78, 5) is 29.5. The average molecular weight is 456 g/mol. The molecule has 3 aromatic rings. The van der Waals surface area contributed by atoms with Crippen molar-refractivity contribution in [2.45, 2.75) is 42.9 Å². The van der Waals surface area contributed by atoms with Crippen LogP contribution in [0.1, 0.15) is 43.6 Å². The second kappa shape index (κ2) is 7.47. The van der Waals surface area contributed by atoms with E-state index in [2.05, 4.69) is 20.7 Å². The Hall–Kier alpha value is -3.14. The summed E-state index contributed by atoms with van der Waals surface area (Å²) in [6, 6.07) is 6.98. The lowest BCUT2D eigenvalue weighted by Crippen LogP contribution is -2.15. The molecule has 2 aliphatic carbocycles. The molecular weight excluding hydrogens is 430 g/mol. The van der Waals surface area contributed by atoms with Crippen LogP contribution in [-0.4, -0.2) is 35.3 Å². The molecule has 0 radical (unpaired) electrons. The Kier molecular flexibility index (Phi) is 4.85. The summed E-state index contributed by atoms with van der Waals surface area (Å²) in [6.45, 7) is 0. The van der Waals surface area contributed by atoms with Gasteiger partial charge in [0.15, 0.2) is 15.5 Å². The van der Waals surface area contributed by atoms with Crippen molar-refractivity contribution in [3.63, 3.8) is 0 Å². The quantitative estimate of drug-likeness (QED) is 0.525. The van der Waals surface area contributed by atoms with E-state index < -0.39 is 9.84 Å². The number of sulfone groups is 1. The lowest BCUT2D eigenvalue weighted by molar-refractivity contribution is -0.117. The van der Waals surface area contributed by atoms with Crippen LogP contribution in [0.4, 0.5) is 17.2 Å². The van der Waals surface area contributed by atoms with Gasteiger partial charge in [-0.2, -0.15) is 0 Å². The summed E-state index contributed by atoms with van der Waals surface area (Å²) in [7, 11) is -1.95. The van der Waals surface area contributed by atoms with E-state index in [1.807, 2.05) is 6.07 Å². The highest BCUT2D eigenvalue weighted by atomic mass is 32.2. The Balaban J connectivity index is 1.59. The number of hydrogen-bond donors (Lipinski definition) is 3. The van der Waals surface area contributed by atoms with Crippen LogP contribution in [0.5, 0.6) is 0 Å². The maximum Gasteiger partial charge on any atom is 0.277 e. The van der Waals surface area contributed by atoms with Crippen LogP contribution in [0, 0.1) is 5.92 Å². The van der Waals surface area contributed by atoms with E-state index in [1.165, 1.54) is 10.9 Å². The average Bonchev–Trinajstić information content (AvgIpc) is 3.48. The molecule has 0 saturated heterocycles. The number of aromatic nitrogens is 3. The van der Waals surface area contributed by atoms with Crippen LogP contribution in [0.2, 0.25) is 0 Å². The molecule has 1 aromatic carbocycles. The van der Waals surface area contributed by atoms with E-state index in [-0.39, 0.29) is 22.3 Å². The van der Waals surface area contributed by atoms with E-state index in [0.29, 0.717) is 34.1 Å². The summed E-state index contributed by atoms with van der Waals surface area (Å²) >= 11 is 0. The molecule has 168 valence electrons. The highest BCUT2D eigenvalue weighted by Crippen LogP contribution is 2.39. The monoisotopic (exact) mass is 455 g/mol. The van der Waals surface area contributed by atoms with Gasteiger partial charge in [0.05, 0.1) is 16.3 Å². The zero-order chi connectivity index (χ0) is 22.6. The summed E-state index contributed by atoms with van der Waals surface area (Å²) in [5.41, 5.74) is 1.77. The number of carbonyl (C=O) groups is 1. The number of aromatic amines is 1. The maximum absolute atomic E-state index is 12.7. The highest BCUT2D eigenvalue weighted by molar-refractivity contribution is 7.90. The molecule has 0 aliphatic heterocycles. The van der Waals surface area contributed by atoms with Gasteiger partial charge in [0.25, 0.3) is 5.56 Å². The summed E-state index contributed by atoms with van der Waals surface area (Å²) < 4.78 is 26.4. The Morgan fingerprint density at radius 2 is 1.91 bits per heavy atom. The van der Waals surface area contributed by atoms with Crippen molar-refractivity contribution < 1.29 is 13.2 Å². The van der Waals surface area contributed by atoms with E-state index in [0.717, 1.165) is 37.7 Å². The smallest absolute Gasteiger partial charge is 0.277 e. The first-order chi connectivity index (χ1) is 15.2. The van der Waals surface area contributed by atoms with Crippen molar-refractivity contribution >= 4 is 44.0 Å². The third-order valence-electron chi connectivity index (χ3n) is 6.26. The number of H-pyrrole nitrogens is 1. The minimum absolute atomic E-state index is 0.00499. The van der Waals surface area contributed by atoms with Gasteiger partial charge in [0, 0.05) is 25.3 Å². The number of rotatable bonds is 6. The van der Waals surface area contributed by atoms with E-state index >= 15 is 0 Å². The van der Waals surface area contributed by atoms with Gasteiger partial charge < -0.3 is 10.6 Å². The number of hydrogen-bond acceptors (Lipinski definition) is 6. The molecule has 2 aromatic heterocycles. The molecule has 1 amide bonds. The van der Waals surface area contributed by atoms with Crippen molar-refractivity contribution in [2.24, 2.45) is 13.0 Å². The fourth-order valence-electron chi connectivity index (χ4n) is 4.05. The normalized spacial score (nSPS) is 16.7. The number of anilines is 3. The predicted molar refractivity (Wildman–Crippen MR) is 122 cm³/mol. The van der Waals surface area contributed by atoms with Gasteiger partial charge in [-0.3, -0.25) is 19.4 Å². The number of benzene rings is 1. The van der Waals surface area contributed by atoms with Gasteiger partial charge in [-0.25, -0.2) is 13.4 Å². The maximum atomic E-state index is 12.7. The lowest BCUT2D eigenvalue weighted by atomic mass is 9.80. The molecule has 0 spiro atoms. The largest absolute Gasteiger partial charge is 0.354 e. The molecular formula is C22H25N5O4S. The fourth-order valence-corrected chi connectivity index (χ4v) is 4.91. The van der Waals surface area contributed by atoms with E-state index in [9.17, 15) is 18.0 Å². The van der Waals surface area contributed by atoms with Gasteiger partial charge >= 0.3 is 0 Å². The number of amides is 1. The zero-order valence-electron chi connectivity index (χ0n) is 17.9. The number of nitrogens with zero attached hydrogens (tertiary/aromatic N) is 2. The number of nitrogens with one attached hydrogen (secondary N) is 3. The van der Waals surface area contributed by atoms with Crippen LogP contribution in [0.15, 0.2) is 34.0 Å². The first kappa shape index (κ1) is 20.7. The second-order valence-electron chi connectivity index (χ2n) is 8.80. The van der Waals surface area contributed by atoms with E-state index in [1.54, 1.807) is 25.2 Å². The molecule has 0 bridgehead atoms. The first-order valence-electron chi connectivity index (χ1n) is 10.7. The van der Waals surface area contributed by atoms with Gasteiger partial charge in [-0.05, 0) is 49.3 Å². The predicted octanol–water partition coefficient (Wildman–Crippen LogP) is 3.02. The minimum atomic E-state index is -3.52. The molecule has 2 fully saturated rings. The molecule has 9 nitrogen and oxygen atoms in total. The number of aryl methyl sites for hydroxylation is 1. The van der Waals surface area contributed by atoms with E-state index in [4.69, 9.17) is 0 Å². The number of fused-ring (bicyclic) bond motifs is 1. The zero-order valence-corrected chi connectivity index (χ0v) is 18.8. The minimum Gasteiger partial charge on any atom is -0.354 e. The van der Waals surface area contributed by atoms with Crippen LogP contribution in [0.3, 0.4) is 0 Å². The lowest BCUT2D eigenvalue weighted by Gasteiger charge is -2.26. The Bertz CT molecular complexity index is 1400. The molecule has 0 atom stereocenters. The standard InChI is InChI=1S/C22H25N5O4S/c1-27-22(29)19-16(11-18(24-20(19)26-27)25-21(28)13-6-7-13)23-15-9-8-14(12-4-3-5-12)10-17(15)32(2,30)31/h8-13H,3-7H2,1-2H3,(H3,23,24,25,26,28). The summed E-state index contributed by atoms with van der Waals surface area (Å²) in [6.07, 6.45) is 6.16. The SMILES string of the molecule is Cn1[nH]c2nc(NC(=O)C3CC3)cc(Nc3ccc(C4CCC4)cc3S(C)(=O)=O)c2c1=O. The molecule has 2 heterocycles. The molecule has 10 heteroatoms. The van der Waals surface area contributed by atoms with Gasteiger partial charge in [0.2, 0.25) is 5.91 Å². The van der Waals surface area contributed by atoms with Crippen molar-refractivity contribution in [1.82, 2.24) is 14.8 Å². The topological polar surface area (TPSA) is 126 Å². The molecule has 3 N–H and O–H groups in total. The van der Waals surface area contributed by atoms with Crippen molar-refractivity contribution in [3.05, 3.63) is 40.2 Å². The van der Waals surface area contributed by atoms with Crippen molar-refractivity contribution in [2.75, 3.05) is 16.9 Å². The van der Waals surface area contributed by atoms with Crippen LogP contribution < -0.4 is 16.2 Å². The fraction of sp³-hybridized carbons (Fsp3) is 0.409. The van der Waals surface area contributed by atoms with Crippen molar-refractivity contribution in [1.29, 1.82) is 0 Å². The molecule has 2 aliphatic rings. The molecule has 32 heavy (non-hydrogen) atoms. The Morgan fingerprint density at radius 3 is 2.53 bits per heavy atom. The third kappa shape index (κ3) is 3.79. The van der Waals surface area contributed by atoms with Gasteiger partial charge in [-0.15, -0.1) is 0 Å². The summed E-state index contributed by atoms with van der Waals surface area (Å²) in [5.74, 6) is 0.571. The summed E-state index contributed by atoms with van der Waals surface area (Å²) in [5, 5.41) is 9.10. The van der Waals surface area contributed by atoms with Crippen LogP contribution in [-0.2, 0) is 21.7 Å². The van der Waals surface area contributed by atoms with Crippen LogP contribution in [0.25, 0.3) is 11.0 Å². The molecule has 0 unspecified atom stereocenters. The first-order valence-corrected chi connectivity index (χ1v) is 12.6. The van der Waals surface area contributed by atoms with Crippen LogP contribution >= 0.6 is 0 Å². The molecule has 5 rings (SSSR count). The number of pyridine rings is 1. The third-order valence-corrected chi connectivity index (χ3v) is 7.40. The molecule has 2 saturated carbocycles. The number of carbonyl (C=O) groups excluding carboxylic acids is 1. The van der Waals surface area contributed by atoms with Crippen molar-refractivity contribution in [3.8, 4) is 0 Å². The Labute approximate surface area is 185 Å². The van der Waals surface area contributed by atoms with Gasteiger partial charge in [0.1, 0.15) is 11.2 Å². The highest BCUT2D eigenvalue weighted by Gasteiger charge is 2.30. The Morgan fingerprint density at radius 1 is 1.16 bits per heavy atom. The second-order valence-corrected chi connectivity index (χ2v) is 10.8. The van der Waals surface area contributed by atoms with Gasteiger partial charge in [-0.1, -0.05) is 12.5 Å².